The largest absolute Gasteiger partial charge is 0.401 e. The van der Waals surface area contributed by atoms with Gasteiger partial charge in [-0.2, -0.15) is 13.2 Å². The van der Waals surface area contributed by atoms with E-state index in [2.05, 4.69) is 5.32 Å². The standard InChI is InChI=1S/C12H23F3N2/c1-16-8-4-2-3-5-9-17(11-6-7-11)10-12(13,14)15/h11,16H,2-10H2,1H3. The van der Waals surface area contributed by atoms with Crippen molar-refractivity contribution in [3.63, 3.8) is 0 Å². The van der Waals surface area contributed by atoms with E-state index in [9.17, 15) is 13.2 Å². The number of halogens is 3. The summed E-state index contributed by atoms with van der Waals surface area (Å²) in [6.45, 7) is 0.868. The number of rotatable bonds is 9. The SMILES string of the molecule is CNCCCCCCN(CC(F)(F)F)C1CC1. The van der Waals surface area contributed by atoms with Gasteiger partial charge in [-0.1, -0.05) is 12.8 Å². The van der Waals surface area contributed by atoms with Gasteiger partial charge in [0.2, 0.25) is 0 Å². The molecule has 0 saturated heterocycles. The predicted octanol–water partition coefficient (Wildman–Crippen LogP) is 2.79. The van der Waals surface area contributed by atoms with Gasteiger partial charge in [-0.15, -0.1) is 0 Å². The molecule has 0 aromatic carbocycles. The molecule has 0 bridgehead atoms. The Labute approximate surface area is 102 Å². The van der Waals surface area contributed by atoms with Gasteiger partial charge in [-0.05, 0) is 45.8 Å². The van der Waals surface area contributed by atoms with Crippen LogP contribution in [0.25, 0.3) is 0 Å². The summed E-state index contributed by atoms with van der Waals surface area (Å²) in [7, 11) is 1.91. The maximum atomic E-state index is 12.3. The lowest BCUT2D eigenvalue weighted by atomic mass is 10.2. The van der Waals surface area contributed by atoms with Crippen molar-refractivity contribution < 1.29 is 13.2 Å². The third-order valence-corrected chi connectivity index (χ3v) is 3.07. The summed E-state index contributed by atoms with van der Waals surface area (Å²) in [4.78, 5) is 1.61. The fourth-order valence-electron chi connectivity index (χ4n) is 2.03. The molecule has 0 amide bonds. The maximum Gasteiger partial charge on any atom is 0.401 e. The molecule has 0 aromatic rings. The van der Waals surface area contributed by atoms with E-state index in [1.165, 1.54) is 0 Å². The van der Waals surface area contributed by atoms with E-state index < -0.39 is 12.7 Å². The second-order valence-corrected chi connectivity index (χ2v) is 4.83. The summed E-state index contributed by atoms with van der Waals surface area (Å²) < 4.78 is 37.0. The maximum absolute atomic E-state index is 12.3. The first kappa shape index (κ1) is 14.8. The fraction of sp³-hybridized carbons (Fsp3) is 1.00. The first-order valence-corrected chi connectivity index (χ1v) is 6.48. The van der Waals surface area contributed by atoms with E-state index >= 15 is 0 Å². The molecule has 1 fully saturated rings. The zero-order valence-electron chi connectivity index (χ0n) is 10.5. The van der Waals surface area contributed by atoms with Crippen LogP contribution < -0.4 is 5.32 Å². The third kappa shape index (κ3) is 7.60. The molecule has 17 heavy (non-hydrogen) atoms. The van der Waals surface area contributed by atoms with Crippen molar-refractivity contribution in [1.29, 1.82) is 0 Å². The average molecular weight is 252 g/mol. The van der Waals surface area contributed by atoms with Crippen molar-refractivity contribution in [3.05, 3.63) is 0 Å². The van der Waals surface area contributed by atoms with Crippen LogP contribution in [0.1, 0.15) is 38.5 Å². The van der Waals surface area contributed by atoms with Crippen LogP contribution in [-0.2, 0) is 0 Å². The van der Waals surface area contributed by atoms with Gasteiger partial charge in [0.05, 0.1) is 6.54 Å². The molecule has 1 aliphatic rings. The van der Waals surface area contributed by atoms with E-state index in [0.29, 0.717) is 6.54 Å². The zero-order valence-corrected chi connectivity index (χ0v) is 10.5. The molecule has 0 radical (unpaired) electrons. The van der Waals surface area contributed by atoms with Crippen LogP contribution in [0.4, 0.5) is 13.2 Å². The molecule has 0 atom stereocenters. The van der Waals surface area contributed by atoms with Gasteiger partial charge in [0.15, 0.2) is 0 Å². The van der Waals surface area contributed by atoms with Crippen molar-refractivity contribution in [2.75, 3.05) is 26.7 Å². The summed E-state index contributed by atoms with van der Waals surface area (Å²) >= 11 is 0. The number of hydrogen-bond donors (Lipinski definition) is 1. The minimum atomic E-state index is -4.05. The quantitative estimate of drug-likeness (QED) is 0.635. The normalized spacial score (nSPS) is 16.8. The van der Waals surface area contributed by atoms with E-state index in [-0.39, 0.29) is 6.04 Å². The Balaban J connectivity index is 2.08. The van der Waals surface area contributed by atoms with Crippen molar-refractivity contribution >= 4 is 0 Å². The van der Waals surface area contributed by atoms with Crippen LogP contribution in [0.2, 0.25) is 0 Å². The molecular weight excluding hydrogens is 229 g/mol. The lowest BCUT2D eigenvalue weighted by Gasteiger charge is -2.23. The predicted molar refractivity (Wildman–Crippen MR) is 63.0 cm³/mol. The second kappa shape index (κ2) is 7.21. The van der Waals surface area contributed by atoms with Gasteiger partial charge < -0.3 is 5.32 Å². The van der Waals surface area contributed by atoms with Crippen molar-refractivity contribution in [1.82, 2.24) is 10.2 Å². The van der Waals surface area contributed by atoms with Gasteiger partial charge in [0, 0.05) is 6.04 Å². The summed E-state index contributed by atoms with van der Waals surface area (Å²) in [6, 6.07) is 0.203. The second-order valence-electron chi connectivity index (χ2n) is 4.83. The molecule has 0 aliphatic heterocycles. The Morgan fingerprint density at radius 1 is 1.12 bits per heavy atom. The molecule has 1 aliphatic carbocycles. The number of nitrogens with zero attached hydrogens (tertiary/aromatic N) is 1. The molecule has 2 nitrogen and oxygen atoms in total. The van der Waals surface area contributed by atoms with E-state index in [1.54, 1.807) is 4.90 Å². The number of alkyl halides is 3. The van der Waals surface area contributed by atoms with Crippen LogP contribution in [0.15, 0.2) is 0 Å². The van der Waals surface area contributed by atoms with Gasteiger partial charge >= 0.3 is 6.18 Å². The topological polar surface area (TPSA) is 15.3 Å². The van der Waals surface area contributed by atoms with Gasteiger partial charge in [0.25, 0.3) is 0 Å². The number of hydrogen-bond acceptors (Lipinski definition) is 2. The van der Waals surface area contributed by atoms with Crippen molar-refractivity contribution in [2.45, 2.75) is 50.7 Å². The average Bonchev–Trinajstić information content (AvgIpc) is 3.03. The molecule has 5 heteroatoms. The van der Waals surface area contributed by atoms with Crippen LogP contribution in [0.5, 0.6) is 0 Å². The van der Waals surface area contributed by atoms with Crippen LogP contribution >= 0.6 is 0 Å². The molecule has 1 N–H and O–H groups in total. The molecule has 0 aromatic heterocycles. The molecular formula is C12H23F3N2. The third-order valence-electron chi connectivity index (χ3n) is 3.07. The van der Waals surface area contributed by atoms with Gasteiger partial charge in [-0.25, -0.2) is 0 Å². The Morgan fingerprint density at radius 3 is 2.29 bits per heavy atom. The van der Waals surface area contributed by atoms with Crippen molar-refractivity contribution in [2.24, 2.45) is 0 Å². The minimum Gasteiger partial charge on any atom is -0.320 e. The Hall–Kier alpha value is -0.290. The summed E-state index contributed by atoms with van der Waals surface area (Å²) in [5.41, 5.74) is 0. The van der Waals surface area contributed by atoms with Crippen LogP contribution in [-0.4, -0.2) is 43.8 Å². The molecule has 0 unspecified atom stereocenters. The Bertz CT molecular complexity index is 202. The molecule has 1 rings (SSSR count). The molecule has 1 saturated carbocycles. The van der Waals surface area contributed by atoms with Gasteiger partial charge in [0.1, 0.15) is 0 Å². The highest BCUT2D eigenvalue weighted by Gasteiger charge is 2.37. The Kier molecular flexibility index (Phi) is 6.27. The summed E-state index contributed by atoms with van der Waals surface area (Å²) in [6.07, 6.45) is 1.96. The highest BCUT2D eigenvalue weighted by atomic mass is 19.4. The molecule has 102 valence electrons. The smallest absolute Gasteiger partial charge is 0.320 e. The first-order chi connectivity index (χ1) is 8.03. The first-order valence-electron chi connectivity index (χ1n) is 6.48. The monoisotopic (exact) mass is 252 g/mol. The number of unbranched alkanes of at least 4 members (excludes halogenated alkanes) is 3. The summed E-state index contributed by atoms with van der Waals surface area (Å²) in [5, 5.41) is 3.07. The van der Waals surface area contributed by atoms with Gasteiger partial charge in [-0.3, -0.25) is 4.90 Å². The zero-order chi connectivity index (χ0) is 12.7. The highest BCUT2D eigenvalue weighted by Crippen LogP contribution is 2.30. The Morgan fingerprint density at radius 2 is 1.76 bits per heavy atom. The summed E-state index contributed by atoms with van der Waals surface area (Å²) in [5.74, 6) is 0. The van der Waals surface area contributed by atoms with E-state index in [1.807, 2.05) is 7.05 Å². The van der Waals surface area contributed by atoms with Crippen LogP contribution in [0, 0.1) is 0 Å². The highest BCUT2D eigenvalue weighted by molar-refractivity contribution is 4.85. The number of nitrogens with one attached hydrogen (secondary N) is 1. The fourth-order valence-corrected chi connectivity index (χ4v) is 2.03. The van der Waals surface area contributed by atoms with E-state index in [4.69, 9.17) is 0 Å². The minimum absolute atomic E-state index is 0.203. The lowest BCUT2D eigenvalue weighted by Crippen LogP contribution is -2.36. The lowest BCUT2D eigenvalue weighted by molar-refractivity contribution is -0.147. The molecule has 0 heterocycles. The van der Waals surface area contributed by atoms with E-state index in [0.717, 1.165) is 45.1 Å². The van der Waals surface area contributed by atoms with Crippen LogP contribution in [0.3, 0.4) is 0 Å². The van der Waals surface area contributed by atoms with Crippen molar-refractivity contribution in [3.8, 4) is 0 Å². The molecule has 0 spiro atoms.